The van der Waals surface area contributed by atoms with Crippen LogP contribution in [0.3, 0.4) is 0 Å². The number of hydrogen-bond donors (Lipinski definition) is 1. The van der Waals surface area contributed by atoms with E-state index in [2.05, 4.69) is 4.98 Å². The maximum absolute atomic E-state index is 12.5. The summed E-state index contributed by atoms with van der Waals surface area (Å²) in [5.74, 6) is 0.122. The van der Waals surface area contributed by atoms with Crippen LogP contribution in [0.2, 0.25) is 0 Å². The van der Waals surface area contributed by atoms with Gasteiger partial charge in [0.2, 0.25) is 0 Å². The molecule has 0 saturated carbocycles. The number of carbonyl (C=O) groups is 1. The summed E-state index contributed by atoms with van der Waals surface area (Å²) in [6, 6.07) is 7.86. The summed E-state index contributed by atoms with van der Waals surface area (Å²) in [4.78, 5) is 17.6. The van der Waals surface area contributed by atoms with Crippen molar-refractivity contribution in [2.45, 2.75) is 25.0 Å². The van der Waals surface area contributed by atoms with Crippen LogP contribution < -0.4 is 0 Å². The minimum atomic E-state index is 0.122. The largest absolute Gasteiger partial charge is 0.371 e. The lowest BCUT2D eigenvalue weighted by Gasteiger charge is -2.32. The Morgan fingerprint density at radius 2 is 2.00 bits per heavy atom. The van der Waals surface area contributed by atoms with Gasteiger partial charge in [-0.2, -0.15) is 0 Å². The highest BCUT2D eigenvalue weighted by Gasteiger charge is 2.35. The summed E-state index contributed by atoms with van der Waals surface area (Å²) in [7, 11) is 0. The zero-order chi connectivity index (χ0) is 12.8. The van der Waals surface area contributed by atoms with Crippen LogP contribution in [0.5, 0.6) is 0 Å². The molecule has 1 N–H and O–H groups in total. The number of benzene rings is 1. The van der Waals surface area contributed by atoms with Crippen molar-refractivity contribution in [3.63, 3.8) is 0 Å². The van der Waals surface area contributed by atoms with Gasteiger partial charge >= 0.3 is 0 Å². The fourth-order valence-corrected chi connectivity index (χ4v) is 3.14. The van der Waals surface area contributed by atoms with E-state index in [0.717, 1.165) is 42.4 Å². The fraction of sp³-hybridized carbons (Fsp3) is 0.400. The molecule has 0 radical (unpaired) electrons. The number of aromatic nitrogens is 1. The molecule has 2 fully saturated rings. The van der Waals surface area contributed by atoms with Gasteiger partial charge in [-0.05, 0) is 36.4 Å². The van der Waals surface area contributed by atoms with Crippen molar-refractivity contribution in [1.29, 1.82) is 0 Å². The highest BCUT2D eigenvalue weighted by molar-refractivity contribution is 5.98. The lowest BCUT2D eigenvalue weighted by molar-refractivity contribution is -0.0303. The van der Waals surface area contributed by atoms with Crippen LogP contribution in [0.25, 0.3) is 10.9 Å². The molecule has 2 aliphatic heterocycles. The molecule has 2 aromatic rings. The molecule has 2 unspecified atom stereocenters. The Morgan fingerprint density at radius 3 is 2.79 bits per heavy atom. The van der Waals surface area contributed by atoms with E-state index in [9.17, 15) is 4.79 Å². The molecule has 2 saturated heterocycles. The Hall–Kier alpha value is -1.81. The van der Waals surface area contributed by atoms with Gasteiger partial charge in [-0.3, -0.25) is 4.79 Å². The first-order valence-corrected chi connectivity index (χ1v) is 6.81. The third-order valence-corrected chi connectivity index (χ3v) is 4.13. The van der Waals surface area contributed by atoms with E-state index in [0.29, 0.717) is 0 Å². The number of nitrogens with zero attached hydrogens (tertiary/aromatic N) is 1. The molecule has 98 valence electrons. The maximum Gasteiger partial charge on any atom is 0.254 e. The Morgan fingerprint density at radius 1 is 1.21 bits per heavy atom. The van der Waals surface area contributed by atoms with Gasteiger partial charge in [0.25, 0.3) is 5.91 Å². The first-order valence-electron chi connectivity index (χ1n) is 6.81. The smallest absolute Gasteiger partial charge is 0.254 e. The second-order valence-corrected chi connectivity index (χ2v) is 5.45. The average Bonchev–Trinajstić information content (AvgIpc) is 3.03. The third kappa shape index (κ3) is 1.83. The number of morpholine rings is 1. The van der Waals surface area contributed by atoms with Crippen LogP contribution in [0.1, 0.15) is 23.2 Å². The summed E-state index contributed by atoms with van der Waals surface area (Å²) in [6.07, 6.45) is 4.57. The number of fused-ring (bicyclic) bond motifs is 3. The Balaban J connectivity index is 1.62. The topological polar surface area (TPSA) is 45.3 Å². The van der Waals surface area contributed by atoms with E-state index in [-0.39, 0.29) is 18.1 Å². The SMILES string of the molecule is O=C(c1ccc2cc[nH]c2c1)N1CC2CCC(C1)O2. The molecule has 19 heavy (non-hydrogen) atoms. The quantitative estimate of drug-likeness (QED) is 0.850. The van der Waals surface area contributed by atoms with Gasteiger partial charge in [-0.15, -0.1) is 0 Å². The van der Waals surface area contributed by atoms with Crippen LogP contribution in [0.15, 0.2) is 30.5 Å². The predicted octanol–water partition coefficient (Wildman–Crippen LogP) is 2.17. The lowest BCUT2D eigenvalue weighted by Crippen LogP contribution is -2.45. The molecule has 3 heterocycles. The second-order valence-electron chi connectivity index (χ2n) is 5.45. The standard InChI is InChI=1S/C15H16N2O2/c18-15(17-8-12-3-4-13(9-17)19-12)11-2-1-10-5-6-16-14(10)7-11/h1-2,5-7,12-13,16H,3-4,8-9H2. The number of nitrogens with one attached hydrogen (secondary N) is 1. The number of likely N-dealkylation sites (tertiary alicyclic amines) is 1. The van der Waals surface area contributed by atoms with Gasteiger partial charge in [-0.25, -0.2) is 0 Å². The third-order valence-electron chi connectivity index (χ3n) is 4.13. The molecular formula is C15H16N2O2. The van der Waals surface area contributed by atoms with Crippen LogP contribution in [0.4, 0.5) is 0 Å². The van der Waals surface area contributed by atoms with Gasteiger partial charge in [0.15, 0.2) is 0 Å². The highest BCUT2D eigenvalue weighted by atomic mass is 16.5. The van der Waals surface area contributed by atoms with Crippen LogP contribution >= 0.6 is 0 Å². The molecule has 0 spiro atoms. The van der Waals surface area contributed by atoms with Gasteiger partial charge in [0, 0.05) is 30.4 Å². The number of ether oxygens (including phenoxy) is 1. The van der Waals surface area contributed by atoms with Gasteiger partial charge in [0.1, 0.15) is 0 Å². The summed E-state index contributed by atoms with van der Waals surface area (Å²) >= 11 is 0. The average molecular weight is 256 g/mol. The predicted molar refractivity (Wildman–Crippen MR) is 72.1 cm³/mol. The monoisotopic (exact) mass is 256 g/mol. The number of carbonyl (C=O) groups excluding carboxylic acids is 1. The number of hydrogen-bond acceptors (Lipinski definition) is 2. The minimum absolute atomic E-state index is 0.122. The second kappa shape index (κ2) is 4.10. The van der Waals surface area contributed by atoms with Gasteiger partial charge < -0.3 is 14.6 Å². The molecule has 1 amide bonds. The van der Waals surface area contributed by atoms with E-state index in [4.69, 9.17) is 4.74 Å². The van der Waals surface area contributed by atoms with E-state index in [1.54, 1.807) is 0 Å². The molecule has 2 bridgehead atoms. The van der Waals surface area contributed by atoms with Crippen molar-refractivity contribution in [3.05, 3.63) is 36.0 Å². The summed E-state index contributed by atoms with van der Waals surface area (Å²) in [5.41, 5.74) is 1.78. The molecule has 4 rings (SSSR count). The molecule has 1 aromatic heterocycles. The maximum atomic E-state index is 12.5. The van der Waals surface area contributed by atoms with Crippen molar-refractivity contribution >= 4 is 16.8 Å². The van der Waals surface area contributed by atoms with Crippen LogP contribution in [0, 0.1) is 0 Å². The fourth-order valence-electron chi connectivity index (χ4n) is 3.14. The van der Waals surface area contributed by atoms with Crippen LogP contribution in [-0.4, -0.2) is 41.1 Å². The number of amides is 1. The van der Waals surface area contributed by atoms with E-state index < -0.39 is 0 Å². The minimum Gasteiger partial charge on any atom is -0.371 e. The molecule has 1 aromatic carbocycles. The van der Waals surface area contributed by atoms with Gasteiger partial charge in [0.05, 0.1) is 12.2 Å². The van der Waals surface area contributed by atoms with Crippen molar-refractivity contribution < 1.29 is 9.53 Å². The molecular weight excluding hydrogens is 240 g/mol. The van der Waals surface area contributed by atoms with Crippen molar-refractivity contribution in [2.24, 2.45) is 0 Å². The van der Waals surface area contributed by atoms with Crippen LogP contribution in [-0.2, 0) is 4.74 Å². The van der Waals surface area contributed by atoms with E-state index >= 15 is 0 Å². The first kappa shape index (κ1) is 11.1. The molecule has 4 heteroatoms. The number of rotatable bonds is 1. The Labute approximate surface area is 111 Å². The highest BCUT2D eigenvalue weighted by Crippen LogP contribution is 2.27. The number of H-pyrrole nitrogens is 1. The summed E-state index contributed by atoms with van der Waals surface area (Å²) < 4.78 is 5.77. The molecule has 0 aliphatic carbocycles. The van der Waals surface area contributed by atoms with E-state index in [1.165, 1.54) is 0 Å². The Bertz CT molecular complexity index is 622. The van der Waals surface area contributed by atoms with Gasteiger partial charge in [-0.1, -0.05) is 6.07 Å². The Kier molecular flexibility index (Phi) is 2.38. The van der Waals surface area contributed by atoms with Crippen molar-refractivity contribution in [1.82, 2.24) is 9.88 Å². The lowest BCUT2D eigenvalue weighted by atomic mass is 10.1. The first-order chi connectivity index (χ1) is 9.29. The molecule has 2 atom stereocenters. The van der Waals surface area contributed by atoms with Crippen molar-refractivity contribution in [3.8, 4) is 0 Å². The summed E-state index contributed by atoms with van der Waals surface area (Å²) in [6.45, 7) is 1.47. The zero-order valence-corrected chi connectivity index (χ0v) is 10.6. The zero-order valence-electron chi connectivity index (χ0n) is 10.6. The normalized spacial score (nSPS) is 26.0. The number of aromatic amines is 1. The van der Waals surface area contributed by atoms with Crippen molar-refractivity contribution in [2.75, 3.05) is 13.1 Å². The van der Waals surface area contributed by atoms with E-state index in [1.807, 2.05) is 35.4 Å². The molecule has 2 aliphatic rings. The molecule has 4 nitrogen and oxygen atoms in total. The summed E-state index contributed by atoms with van der Waals surface area (Å²) in [5, 5.41) is 1.14.